The number of nitrogens with two attached hydrogens (primary N) is 1. The third kappa shape index (κ3) is 3.18. The fraction of sp³-hybridized carbons (Fsp3) is 0.0909. The summed E-state index contributed by atoms with van der Waals surface area (Å²) in [6.45, 7) is 0.437. The summed E-state index contributed by atoms with van der Waals surface area (Å²) in [4.78, 5) is 16.6. The molecule has 0 aromatic carbocycles. The molecule has 2 aromatic rings. The lowest BCUT2D eigenvalue weighted by molar-refractivity contribution is 0.0946. The highest BCUT2D eigenvalue weighted by molar-refractivity contribution is 7.16. The van der Waals surface area contributed by atoms with Crippen LogP contribution in [0.15, 0.2) is 30.3 Å². The van der Waals surface area contributed by atoms with Crippen molar-refractivity contribution in [2.24, 2.45) is 0 Å². The summed E-state index contributed by atoms with van der Waals surface area (Å²) in [7, 11) is 0. The molecular weight excluding hydrogens is 258 g/mol. The third-order valence-electron chi connectivity index (χ3n) is 2.06. The number of nitrogens with one attached hydrogen (secondary N) is 1. The minimum atomic E-state index is -0.248. The normalized spacial score (nSPS) is 10.2. The van der Waals surface area contributed by atoms with Gasteiger partial charge in [0.25, 0.3) is 5.91 Å². The number of amides is 1. The molecule has 1 amide bonds. The van der Waals surface area contributed by atoms with Crippen molar-refractivity contribution in [3.63, 3.8) is 0 Å². The smallest absolute Gasteiger partial charge is 0.270 e. The van der Waals surface area contributed by atoms with Gasteiger partial charge in [0, 0.05) is 4.88 Å². The Hall–Kier alpha value is -1.59. The summed E-state index contributed by atoms with van der Waals surface area (Å²) >= 11 is 7.22. The van der Waals surface area contributed by atoms with E-state index in [1.54, 1.807) is 24.3 Å². The van der Waals surface area contributed by atoms with E-state index in [0.29, 0.717) is 22.4 Å². The fourth-order valence-electron chi connectivity index (χ4n) is 1.28. The monoisotopic (exact) mass is 267 g/mol. The van der Waals surface area contributed by atoms with Crippen LogP contribution >= 0.6 is 22.9 Å². The van der Waals surface area contributed by atoms with Crippen molar-refractivity contribution in [2.75, 3.05) is 5.73 Å². The van der Waals surface area contributed by atoms with Gasteiger partial charge in [0.2, 0.25) is 0 Å². The van der Waals surface area contributed by atoms with Crippen molar-refractivity contribution >= 4 is 34.7 Å². The summed E-state index contributed by atoms with van der Waals surface area (Å²) in [5.74, 6) is 0.0821. The molecule has 2 aromatic heterocycles. The first-order valence-corrected chi connectivity index (χ1v) is 6.09. The lowest BCUT2D eigenvalue weighted by Gasteiger charge is -2.03. The summed E-state index contributed by atoms with van der Waals surface area (Å²) < 4.78 is 0.705. The molecule has 88 valence electrons. The molecule has 0 radical (unpaired) electrons. The van der Waals surface area contributed by atoms with Gasteiger partial charge in [-0.05, 0) is 24.3 Å². The topological polar surface area (TPSA) is 68.0 Å². The van der Waals surface area contributed by atoms with E-state index in [4.69, 9.17) is 17.3 Å². The van der Waals surface area contributed by atoms with Crippen LogP contribution in [-0.2, 0) is 6.54 Å². The Kier molecular flexibility index (Phi) is 3.61. The predicted octanol–water partition coefficient (Wildman–Crippen LogP) is 2.31. The fourth-order valence-corrected chi connectivity index (χ4v) is 2.31. The van der Waals surface area contributed by atoms with Gasteiger partial charge in [0.15, 0.2) is 0 Å². The molecule has 2 rings (SSSR count). The van der Waals surface area contributed by atoms with Crippen molar-refractivity contribution < 1.29 is 4.79 Å². The van der Waals surface area contributed by atoms with Crippen LogP contribution in [0.2, 0.25) is 4.34 Å². The molecule has 0 bridgehead atoms. The molecule has 0 saturated heterocycles. The van der Waals surface area contributed by atoms with E-state index in [1.807, 2.05) is 6.07 Å². The van der Waals surface area contributed by atoms with Crippen LogP contribution in [0.3, 0.4) is 0 Å². The second-order valence-electron chi connectivity index (χ2n) is 3.34. The second kappa shape index (κ2) is 5.16. The van der Waals surface area contributed by atoms with E-state index in [-0.39, 0.29) is 5.91 Å². The van der Waals surface area contributed by atoms with Gasteiger partial charge >= 0.3 is 0 Å². The number of thiophene rings is 1. The summed E-state index contributed by atoms with van der Waals surface area (Å²) in [6.07, 6.45) is 0. The Morgan fingerprint density at radius 3 is 2.88 bits per heavy atom. The van der Waals surface area contributed by atoms with Crippen molar-refractivity contribution in [3.8, 4) is 0 Å². The van der Waals surface area contributed by atoms with Crippen LogP contribution in [0.4, 0.5) is 5.82 Å². The standard InChI is InChI=1S/C11H10ClN3OS/c12-9-5-4-7(17-9)6-14-11(16)8-2-1-3-10(13)15-8/h1-5H,6H2,(H2,13,15)(H,14,16). The molecule has 0 aliphatic rings. The van der Waals surface area contributed by atoms with E-state index >= 15 is 0 Å². The van der Waals surface area contributed by atoms with E-state index in [1.165, 1.54) is 11.3 Å². The number of carbonyl (C=O) groups excluding carboxylic acids is 1. The maximum absolute atomic E-state index is 11.7. The van der Waals surface area contributed by atoms with Crippen molar-refractivity contribution in [1.29, 1.82) is 0 Å². The largest absolute Gasteiger partial charge is 0.384 e. The minimum absolute atomic E-state index is 0.248. The van der Waals surface area contributed by atoms with Gasteiger partial charge in [-0.1, -0.05) is 17.7 Å². The highest BCUT2D eigenvalue weighted by atomic mass is 35.5. The van der Waals surface area contributed by atoms with Gasteiger partial charge in [-0.15, -0.1) is 11.3 Å². The maximum Gasteiger partial charge on any atom is 0.270 e. The van der Waals surface area contributed by atoms with Gasteiger partial charge in [-0.2, -0.15) is 0 Å². The minimum Gasteiger partial charge on any atom is -0.384 e. The van der Waals surface area contributed by atoms with Gasteiger partial charge in [0.1, 0.15) is 11.5 Å². The molecule has 3 N–H and O–H groups in total. The zero-order valence-electron chi connectivity index (χ0n) is 8.81. The quantitative estimate of drug-likeness (QED) is 0.897. The number of rotatable bonds is 3. The summed E-state index contributed by atoms with van der Waals surface area (Å²) in [5, 5.41) is 2.75. The van der Waals surface area contributed by atoms with Crippen LogP contribution < -0.4 is 11.1 Å². The number of aromatic nitrogens is 1. The Morgan fingerprint density at radius 1 is 1.41 bits per heavy atom. The van der Waals surface area contributed by atoms with Crippen LogP contribution in [0.1, 0.15) is 15.4 Å². The Morgan fingerprint density at radius 2 is 2.24 bits per heavy atom. The molecule has 0 aliphatic heterocycles. The first-order valence-electron chi connectivity index (χ1n) is 4.90. The van der Waals surface area contributed by atoms with E-state index in [9.17, 15) is 4.79 Å². The zero-order chi connectivity index (χ0) is 12.3. The third-order valence-corrected chi connectivity index (χ3v) is 3.29. The maximum atomic E-state index is 11.7. The van der Waals surface area contributed by atoms with Gasteiger partial charge in [0.05, 0.1) is 10.9 Å². The van der Waals surface area contributed by atoms with Gasteiger partial charge in [-0.25, -0.2) is 4.98 Å². The molecule has 0 fully saturated rings. The van der Waals surface area contributed by atoms with E-state index in [0.717, 1.165) is 4.88 Å². The van der Waals surface area contributed by atoms with Crippen molar-refractivity contribution in [1.82, 2.24) is 10.3 Å². The number of hydrogen-bond acceptors (Lipinski definition) is 4. The molecular formula is C11H10ClN3OS. The average Bonchev–Trinajstić information content (AvgIpc) is 2.72. The lowest BCUT2D eigenvalue weighted by atomic mass is 10.3. The number of hydrogen-bond donors (Lipinski definition) is 2. The molecule has 2 heterocycles. The average molecular weight is 268 g/mol. The Bertz CT molecular complexity index is 541. The van der Waals surface area contributed by atoms with Crippen LogP contribution in [0, 0.1) is 0 Å². The summed E-state index contributed by atoms with van der Waals surface area (Å²) in [5.41, 5.74) is 5.81. The number of pyridine rings is 1. The molecule has 17 heavy (non-hydrogen) atoms. The van der Waals surface area contributed by atoms with Crippen LogP contribution in [0.25, 0.3) is 0 Å². The number of anilines is 1. The lowest BCUT2D eigenvalue weighted by Crippen LogP contribution is -2.23. The number of nitrogen functional groups attached to an aromatic ring is 1. The highest BCUT2D eigenvalue weighted by Crippen LogP contribution is 2.21. The number of halogens is 1. The Labute approximate surface area is 107 Å². The highest BCUT2D eigenvalue weighted by Gasteiger charge is 2.07. The summed E-state index contributed by atoms with van der Waals surface area (Å²) in [6, 6.07) is 8.62. The predicted molar refractivity (Wildman–Crippen MR) is 69.1 cm³/mol. The van der Waals surface area contributed by atoms with Crippen LogP contribution in [0.5, 0.6) is 0 Å². The van der Waals surface area contributed by atoms with Crippen LogP contribution in [-0.4, -0.2) is 10.9 Å². The van der Waals surface area contributed by atoms with Gasteiger partial charge in [-0.3, -0.25) is 4.79 Å². The van der Waals surface area contributed by atoms with Gasteiger partial charge < -0.3 is 11.1 Å². The number of carbonyl (C=O) groups is 1. The van der Waals surface area contributed by atoms with Crippen molar-refractivity contribution in [2.45, 2.75) is 6.54 Å². The molecule has 0 atom stereocenters. The SMILES string of the molecule is Nc1cccc(C(=O)NCc2ccc(Cl)s2)n1. The molecule has 0 spiro atoms. The first kappa shape index (κ1) is 11.9. The molecule has 0 unspecified atom stereocenters. The van der Waals surface area contributed by atoms with E-state index < -0.39 is 0 Å². The molecule has 6 heteroatoms. The Balaban J connectivity index is 1.98. The van der Waals surface area contributed by atoms with Crippen molar-refractivity contribution in [3.05, 3.63) is 45.2 Å². The molecule has 0 aliphatic carbocycles. The molecule has 0 saturated carbocycles. The molecule has 4 nitrogen and oxygen atoms in total. The zero-order valence-corrected chi connectivity index (χ0v) is 10.4. The first-order chi connectivity index (χ1) is 8.15. The number of nitrogens with zero attached hydrogens (tertiary/aromatic N) is 1. The second-order valence-corrected chi connectivity index (χ2v) is 5.14. The van der Waals surface area contributed by atoms with E-state index in [2.05, 4.69) is 10.3 Å².